The average Bonchev–Trinajstić information content (AvgIpc) is 2.27. The van der Waals surface area contributed by atoms with E-state index in [-0.39, 0.29) is 6.04 Å². The van der Waals surface area contributed by atoms with E-state index in [1.165, 1.54) is 12.1 Å². The number of benzene rings is 1. The molecule has 1 aromatic carbocycles. The van der Waals surface area contributed by atoms with Crippen LogP contribution in [0.3, 0.4) is 0 Å². The third kappa shape index (κ3) is 5.22. The van der Waals surface area contributed by atoms with Crippen molar-refractivity contribution in [1.29, 1.82) is 0 Å². The summed E-state index contributed by atoms with van der Waals surface area (Å²) in [5.74, 6) is -1.12. The third-order valence-corrected chi connectivity index (χ3v) is 3.14. The number of nitrogens with zero attached hydrogens (tertiary/aromatic N) is 2. The molecule has 1 unspecified atom stereocenters. The average molecular weight is 271 g/mol. The van der Waals surface area contributed by atoms with Crippen molar-refractivity contribution >= 4 is 0 Å². The van der Waals surface area contributed by atoms with Crippen LogP contribution in [-0.4, -0.2) is 50.6 Å². The van der Waals surface area contributed by atoms with Gasteiger partial charge < -0.3 is 10.6 Å². The molecule has 0 aliphatic heterocycles. The van der Waals surface area contributed by atoms with Gasteiger partial charge in [0.2, 0.25) is 0 Å². The van der Waals surface area contributed by atoms with Gasteiger partial charge in [0, 0.05) is 18.7 Å². The highest BCUT2D eigenvalue weighted by atomic mass is 19.1. The fourth-order valence-corrected chi connectivity index (χ4v) is 2.13. The van der Waals surface area contributed by atoms with Gasteiger partial charge in [-0.15, -0.1) is 0 Å². The molecule has 5 heteroatoms. The zero-order valence-corrected chi connectivity index (χ0v) is 11.9. The SMILES string of the molecule is CN(C)CCCN(C)C(CN)c1cc(F)cc(F)c1. The van der Waals surface area contributed by atoms with E-state index >= 15 is 0 Å². The van der Waals surface area contributed by atoms with Crippen LogP contribution in [0.1, 0.15) is 18.0 Å². The van der Waals surface area contributed by atoms with Crippen molar-refractivity contribution in [3.8, 4) is 0 Å². The molecule has 0 spiro atoms. The molecule has 0 heterocycles. The van der Waals surface area contributed by atoms with Crippen molar-refractivity contribution in [3.63, 3.8) is 0 Å². The summed E-state index contributed by atoms with van der Waals surface area (Å²) < 4.78 is 26.5. The van der Waals surface area contributed by atoms with Gasteiger partial charge in [-0.2, -0.15) is 0 Å². The quantitative estimate of drug-likeness (QED) is 0.821. The lowest BCUT2D eigenvalue weighted by atomic mass is 10.1. The number of rotatable bonds is 7. The number of hydrogen-bond donors (Lipinski definition) is 1. The zero-order chi connectivity index (χ0) is 14.4. The fourth-order valence-electron chi connectivity index (χ4n) is 2.13. The Balaban J connectivity index is 2.70. The summed E-state index contributed by atoms with van der Waals surface area (Å²) >= 11 is 0. The normalized spacial score (nSPS) is 13.3. The molecule has 1 atom stereocenters. The summed E-state index contributed by atoms with van der Waals surface area (Å²) in [5, 5.41) is 0. The van der Waals surface area contributed by atoms with E-state index in [0.717, 1.165) is 25.6 Å². The second-order valence-corrected chi connectivity index (χ2v) is 5.09. The predicted octanol–water partition coefficient (Wildman–Crippen LogP) is 1.85. The molecule has 108 valence electrons. The Morgan fingerprint density at radius 3 is 2.11 bits per heavy atom. The first-order valence-electron chi connectivity index (χ1n) is 6.45. The zero-order valence-electron chi connectivity index (χ0n) is 11.9. The monoisotopic (exact) mass is 271 g/mol. The number of likely N-dealkylation sites (N-methyl/N-ethyl adjacent to an activating group) is 1. The van der Waals surface area contributed by atoms with E-state index in [1.54, 1.807) is 0 Å². The minimum Gasteiger partial charge on any atom is -0.329 e. The minimum absolute atomic E-state index is 0.160. The molecule has 0 aromatic heterocycles. The summed E-state index contributed by atoms with van der Waals surface area (Å²) in [4.78, 5) is 4.14. The molecule has 0 saturated carbocycles. The molecule has 0 aliphatic carbocycles. The number of nitrogens with two attached hydrogens (primary N) is 1. The Bertz CT molecular complexity index is 376. The lowest BCUT2D eigenvalue weighted by Crippen LogP contribution is -2.32. The molecule has 0 radical (unpaired) electrons. The van der Waals surface area contributed by atoms with Gasteiger partial charge >= 0.3 is 0 Å². The van der Waals surface area contributed by atoms with E-state index in [0.29, 0.717) is 12.1 Å². The molecule has 0 amide bonds. The molecular weight excluding hydrogens is 248 g/mol. The Hall–Kier alpha value is -1.04. The van der Waals surface area contributed by atoms with E-state index in [1.807, 2.05) is 26.0 Å². The molecule has 1 rings (SSSR count). The van der Waals surface area contributed by atoms with Crippen LogP contribution in [0, 0.1) is 11.6 Å². The fraction of sp³-hybridized carbons (Fsp3) is 0.571. The van der Waals surface area contributed by atoms with Crippen LogP contribution in [-0.2, 0) is 0 Å². The van der Waals surface area contributed by atoms with Gasteiger partial charge in [0.25, 0.3) is 0 Å². The first kappa shape index (κ1) is 16.0. The number of halogens is 2. The van der Waals surface area contributed by atoms with Crippen molar-refractivity contribution in [2.75, 3.05) is 40.8 Å². The second-order valence-electron chi connectivity index (χ2n) is 5.09. The molecule has 19 heavy (non-hydrogen) atoms. The first-order chi connectivity index (χ1) is 8.93. The van der Waals surface area contributed by atoms with Crippen LogP contribution in [0.25, 0.3) is 0 Å². The standard InChI is InChI=1S/C14H23F2N3/c1-18(2)5-4-6-19(3)14(10-17)11-7-12(15)9-13(16)8-11/h7-9,14H,4-6,10,17H2,1-3H3. The highest BCUT2D eigenvalue weighted by Gasteiger charge is 2.16. The van der Waals surface area contributed by atoms with Gasteiger partial charge in [-0.1, -0.05) is 0 Å². The maximum atomic E-state index is 13.2. The highest BCUT2D eigenvalue weighted by Crippen LogP contribution is 2.20. The first-order valence-corrected chi connectivity index (χ1v) is 6.45. The molecule has 0 fully saturated rings. The highest BCUT2D eigenvalue weighted by molar-refractivity contribution is 5.21. The summed E-state index contributed by atoms with van der Waals surface area (Å²) in [7, 11) is 5.96. The summed E-state index contributed by atoms with van der Waals surface area (Å²) in [6.45, 7) is 2.14. The van der Waals surface area contributed by atoms with E-state index in [9.17, 15) is 8.78 Å². The molecule has 0 saturated heterocycles. The van der Waals surface area contributed by atoms with Crippen molar-refractivity contribution in [1.82, 2.24) is 9.80 Å². The maximum Gasteiger partial charge on any atom is 0.126 e. The molecule has 0 bridgehead atoms. The molecule has 0 aliphatic rings. The maximum absolute atomic E-state index is 13.2. The van der Waals surface area contributed by atoms with Crippen LogP contribution in [0.2, 0.25) is 0 Å². The lowest BCUT2D eigenvalue weighted by molar-refractivity contribution is 0.234. The smallest absolute Gasteiger partial charge is 0.126 e. The van der Waals surface area contributed by atoms with Crippen LogP contribution >= 0.6 is 0 Å². The largest absolute Gasteiger partial charge is 0.329 e. The summed E-state index contributed by atoms with van der Waals surface area (Å²) in [5.41, 5.74) is 6.33. The van der Waals surface area contributed by atoms with Gasteiger partial charge in [-0.25, -0.2) is 8.78 Å². The lowest BCUT2D eigenvalue weighted by Gasteiger charge is -2.28. The molecule has 1 aromatic rings. The van der Waals surface area contributed by atoms with Gasteiger partial charge in [0.15, 0.2) is 0 Å². The Labute approximate surface area is 114 Å². The third-order valence-electron chi connectivity index (χ3n) is 3.14. The number of hydrogen-bond acceptors (Lipinski definition) is 3. The minimum atomic E-state index is -0.560. The van der Waals surface area contributed by atoms with Crippen LogP contribution < -0.4 is 5.73 Å². The van der Waals surface area contributed by atoms with E-state index in [2.05, 4.69) is 4.90 Å². The Morgan fingerprint density at radius 1 is 1.05 bits per heavy atom. The van der Waals surface area contributed by atoms with E-state index < -0.39 is 11.6 Å². The van der Waals surface area contributed by atoms with Gasteiger partial charge in [0.05, 0.1) is 0 Å². The van der Waals surface area contributed by atoms with Crippen molar-refractivity contribution in [2.24, 2.45) is 5.73 Å². The van der Waals surface area contributed by atoms with Crippen molar-refractivity contribution in [3.05, 3.63) is 35.4 Å². The predicted molar refractivity (Wildman–Crippen MR) is 74.0 cm³/mol. The molecule has 2 N–H and O–H groups in total. The van der Waals surface area contributed by atoms with Crippen molar-refractivity contribution < 1.29 is 8.78 Å². The molecular formula is C14H23F2N3. The van der Waals surface area contributed by atoms with Crippen molar-refractivity contribution in [2.45, 2.75) is 12.5 Å². The summed E-state index contributed by atoms with van der Waals surface area (Å²) in [6.07, 6.45) is 0.984. The van der Waals surface area contributed by atoms with Gasteiger partial charge in [-0.05, 0) is 58.3 Å². The Morgan fingerprint density at radius 2 is 1.63 bits per heavy atom. The topological polar surface area (TPSA) is 32.5 Å². The van der Waals surface area contributed by atoms with Gasteiger partial charge in [0.1, 0.15) is 11.6 Å². The van der Waals surface area contributed by atoms with Crippen LogP contribution in [0.4, 0.5) is 8.78 Å². The van der Waals surface area contributed by atoms with Crippen LogP contribution in [0.5, 0.6) is 0 Å². The van der Waals surface area contributed by atoms with E-state index in [4.69, 9.17) is 5.73 Å². The van der Waals surface area contributed by atoms with Crippen LogP contribution in [0.15, 0.2) is 18.2 Å². The Kier molecular flexibility index (Phi) is 6.34. The summed E-state index contributed by atoms with van der Waals surface area (Å²) in [6, 6.07) is 3.42. The molecule has 3 nitrogen and oxygen atoms in total. The van der Waals surface area contributed by atoms with Gasteiger partial charge in [-0.3, -0.25) is 4.90 Å². The second kappa shape index (κ2) is 7.53.